The highest BCUT2D eigenvalue weighted by Gasteiger charge is 2.33. The van der Waals surface area contributed by atoms with Gasteiger partial charge >= 0.3 is 0 Å². The zero-order valence-electron chi connectivity index (χ0n) is 13.1. The number of aliphatic hydroxyl groups is 1. The Balaban J connectivity index is 2.47. The van der Waals surface area contributed by atoms with Crippen molar-refractivity contribution >= 4 is 10.0 Å². The number of nitrogens with zero attached hydrogens (tertiary/aromatic N) is 2. The van der Waals surface area contributed by atoms with Gasteiger partial charge in [-0.25, -0.2) is 8.42 Å². The van der Waals surface area contributed by atoms with Crippen LogP contribution < -0.4 is 0 Å². The average molecular weight is 312 g/mol. The molecule has 5 nitrogen and oxygen atoms in total. The van der Waals surface area contributed by atoms with Crippen molar-refractivity contribution in [3.05, 3.63) is 28.8 Å². The zero-order valence-corrected chi connectivity index (χ0v) is 13.9. The first kappa shape index (κ1) is 16.4. The van der Waals surface area contributed by atoms with Crippen LogP contribution in [-0.4, -0.2) is 55.5 Å². The highest BCUT2D eigenvalue weighted by molar-refractivity contribution is 7.89. The Hall–Kier alpha value is -0.950. The number of rotatable bonds is 3. The van der Waals surface area contributed by atoms with E-state index in [1.165, 1.54) is 0 Å². The molecule has 0 radical (unpaired) electrons. The highest BCUT2D eigenvalue weighted by Crippen LogP contribution is 2.27. The van der Waals surface area contributed by atoms with Crippen molar-refractivity contribution in [3.63, 3.8) is 0 Å². The lowest BCUT2D eigenvalue weighted by Crippen LogP contribution is -2.52. The summed E-state index contributed by atoms with van der Waals surface area (Å²) in [7, 11) is -1.52. The van der Waals surface area contributed by atoms with Crippen molar-refractivity contribution in [1.82, 2.24) is 9.21 Å². The molecule has 1 unspecified atom stereocenters. The smallest absolute Gasteiger partial charge is 0.243 e. The van der Waals surface area contributed by atoms with E-state index in [1.807, 2.05) is 33.9 Å². The summed E-state index contributed by atoms with van der Waals surface area (Å²) >= 11 is 0. The maximum atomic E-state index is 13.0. The molecule has 1 N–H and O–H groups in total. The Bertz CT molecular complexity index is 628. The van der Waals surface area contributed by atoms with E-state index in [4.69, 9.17) is 0 Å². The molecule has 118 valence electrons. The predicted molar refractivity (Wildman–Crippen MR) is 82.7 cm³/mol. The molecule has 1 aromatic rings. The van der Waals surface area contributed by atoms with Gasteiger partial charge in [-0.2, -0.15) is 4.31 Å². The Morgan fingerprint density at radius 1 is 1.29 bits per heavy atom. The summed E-state index contributed by atoms with van der Waals surface area (Å²) in [6.07, 6.45) is 0. The van der Waals surface area contributed by atoms with Gasteiger partial charge in [0.2, 0.25) is 10.0 Å². The molecule has 2 rings (SSSR count). The molecule has 0 bridgehead atoms. The molecule has 0 aromatic heterocycles. The normalized spacial score (nSPS) is 21.7. The van der Waals surface area contributed by atoms with Gasteiger partial charge in [-0.3, -0.25) is 0 Å². The number of aliphatic hydroxyl groups excluding tert-OH is 1. The SMILES string of the molecule is Cc1cc(CO)cc(S(=O)(=O)N2CCN(C)CC2C)c1C. The Morgan fingerprint density at radius 2 is 1.95 bits per heavy atom. The number of piperazine rings is 1. The summed E-state index contributed by atoms with van der Waals surface area (Å²) in [5.41, 5.74) is 2.29. The molecule has 0 aliphatic carbocycles. The van der Waals surface area contributed by atoms with E-state index in [-0.39, 0.29) is 12.6 Å². The second kappa shape index (κ2) is 6.04. The summed E-state index contributed by atoms with van der Waals surface area (Å²) < 4.78 is 27.5. The Labute approximate surface area is 127 Å². The summed E-state index contributed by atoms with van der Waals surface area (Å²) in [4.78, 5) is 2.46. The van der Waals surface area contributed by atoms with Gasteiger partial charge in [0.25, 0.3) is 0 Å². The summed E-state index contributed by atoms with van der Waals surface area (Å²) in [5.74, 6) is 0. The lowest BCUT2D eigenvalue weighted by atomic mass is 10.1. The third-order valence-electron chi connectivity index (χ3n) is 4.22. The number of aryl methyl sites for hydroxylation is 1. The maximum Gasteiger partial charge on any atom is 0.243 e. The molecule has 1 atom stereocenters. The van der Waals surface area contributed by atoms with Crippen LogP contribution in [0.15, 0.2) is 17.0 Å². The van der Waals surface area contributed by atoms with Crippen LogP contribution in [0.1, 0.15) is 23.6 Å². The first-order valence-corrected chi connectivity index (χ1v) is 8.62. The summed E-state index contributed by atoms with van der Waals surface area (Å²) in [6.45, 7) is 7.46. The van der Waals surface area contributed by atoms with Crippen LogP contribution in [-0.2, 0) is 16.6 Å². The molecule has 1 saturated heterocycles. The second-order valence-electron chi connectivity index (χ2n) is 5.92. The van der Waals surface area contributed by atoms with Crippen LogP contribution in [0.25, 0.3) is 0 Å². The van der Waals surface area contributed by atoms with Crippen molar-refractivity contribution in [2.75, 3.05) is 26.7 Å². The van der Waals surface area contributed by atoms with E-state index in [0.717, 1.165) is 24.2 Å². The minimum absolute atomic E-state index is 0.0498. The van der Waals surface area contributed by atoms with E-state index in [2.05, 4.69) is 4.90 Å². The molecule has 21 heavy (non-hydrogen) atoms. The maximum absolute atomic E-state index is 13.0. The standard InChI is InChI=1S/C15H24N2O3S/c1-11-7-14(10-18)8-15(13(11)3)21(19,20)17-6-5-16(4)9-12(17)2/h7-8,12,18H,5-6,9-10H2,1-4H3. The first-order chi connectivity index (χ1) is 9.77. The quantitative estimate of drug-likeness (QED) is 0.908. The lowest BCUT2D eigenvalue weighted by Gasteiger charge is -2.37. The number of hydrogen-bond acceptors (Lipinski definition) is 4. The van der Waals surface area contributed by atoms with Gasteiger partial charge in [0.15, 0.2) is 0 Å². The molecule has 1 fully saturated rings. The molecular weight excluding hydrogens is 288 g/mol. The molecule has 0 spiro atoms. The van der Waals surface area contributed by atoms with Crippen LogP contribution in [0.2, 0.25) is 0 Å². The van der Waals surface area contributed by atoms with Crippen molar-refractivity contribution < 1.29 is 13.5 Å². The van der Waals surface area contributed by atoms with Gasteiger partial charge in [0.1, 0.15) is 0 Å². The summed E-state index contributed by atoms with van der Waals surface area (Å²) in [5, 5.41) is 9.33. The van der Waals surface area contributed by atoms with Crippen molar-refractivity contribution in [2.45, 2.75) is 38.3 Å². The van der Waals surface area contributed by atoms with E-state index in [0.29, 0.717) is 17.0 Å². The van der Waals surface area contributed by atoms with Gasteiger partial charge in [0.05, 0.1) is 11.5 Å². The minimum Gasteiger partial charge on any atom is -0.392 e. The van der Waals surface area contributed by atoms with Gasteiger partial charge in [-0.05, 0) is 50.6 Å². The highest BCUT2D eigenvalue weighted by atomic mass is 32.2. The molecular formula is C15H24N2O3S. The third-order valence-corrected chi connectivity index (χ3v) is 6.36. The van der Waals surface area contributed by atoms with Crippen LogP contribution in [0.5, 0.6) is 0 Å². The van der Waals surface area contributed by atoms with Crippen molar-refractivity contribution in [1.29, 1.82) is 0 Å². The fraction of sp³-hybridized carbons (Fsp3) is 0.600. The second-order valence-corrected chi connectivity index (χ2v) is 7.78. The molecule has 1 aliphatic heterocycles. The monoisotopic (exact) mass is 312 g/mol. The van der Waals surface area contributed by atoms with Crippen LogP contribution in [0.4, 0.5) is 0 Å². The fourth-order valence-corrected chi connectivity index (χ4v) is 4.83. The number of likely N-dealkylation sites (N-methyl/N-ethyl adjacent to an activating group) is 1. The fourth-order valence-electron chi connectivity index (χ4n) is 2.86. The van der Waals surface area contributed by atoms with Gasteiger partial charge in [0, 0.05) is 25.7 Å². The van der Waals surface area contributed by atoms with Crippen LogP contribution in [0.3, 0.4) is 0 Å². The predicted octanol–water partition coefficient (Wildman–Crippen LogP) is 1.12. The topological polar surface area (TPSA) is 60.9 Å². The first-order valence-electron chi connectivity index (χ1n) is 7.18. The van der Waals surface area contributed by atoms with Crippen LogP contribution >= 0.6 is 0 Å². The van der Waals surface area contributed by atoms with E-state index < -0.39 is 10.0 Å². The molecule has 6 heteroatoms. The van der Waals surface area contributed by atoms with Gasteiger partial charge < -0.3 is 10.0 Å². The van der Waals surface area contributed by atoms with Gasteiger partial charge in [-0.1, -0.05) is 6.07 Å². The largest absolute Gasteiger partial charge is 0.392 e. The molecule has 1 aromatic carbocycles. The molecule has 1 aliphatic rings. The zero-order chi connectivity index (χ0) is 15.8. The minimum atomic E-state index is -3.52. The van der Waals surface area contributed by atoms with Gasteiger partial charge in [-0.15, -0.1) is 0 Å². The number of sulfonamides is 1. The lowest BCUT2D eigenvalue weighted by molar-refractivity contribution is 0.170. The third kappa shape index (κ3) is 3.13. The van der Waals surface area contributed by atoms with E-state index in [9.17, 15) is 13.5 Å². The van der Waals surface area contributed by atoms with Crippen molar-refractivity contribution in [2.24, 2.45) is 0 Å². The Morgan fingerprint density at radius 3 is 2.52 bits per heavy atom. The molecule has 0 saturated carbocycles. The number of hydrogen-bond donors (Lipinski definition) is 1. The molecule has 1 heterocycles. The average Bonchev–Trinajstić information content (AvgIpc) is 2.40. The van der Waals surface area contributed by atoms with E-state index >= 15 is 0 Å². The van der Waals surface area contributed by atoms with Crippen LogP contribution in [0, 0.1) is 13.8 Å². The molecule has 0 amide bonds. The van der Waals surface area contributed by atoms with Crippen molar-refractivity contribution in [3.8, 4) is 0 Å². The number of benzene rings is 1. The summed E-state index contributed by atoms with van der Waals surface area (Å²) in [6, 6.07) is 3.39. The van der Waals surface area contributed by atoms with E-state index in [1.54, 1.807) is 10.4 Å². The Kier molecular flexibility index (Phi) is 4.72.